The van der Waals surface area contributed by atoms with Gasteiger partial charge in [-0.25, -0.2) is 9.78 Å². The van der Waals surface area contributed by atoms with Crippen LogP contribution in [0.2, 0.25) is 5.02 Å². The number of nitrogens with one attached hydrogen (secondary N) is 3. The average Bonchev–Trinajstić information content (AvgIpc) is 3.92. The Morgan fingerprint density at radius 3 is 2.39 bits per heavy atom. The summed E-state index contributed by atoms with van der Waals surface area (Å²) in [6.07, 6.45) is -0.216. The summed E-state index contributed by atoms with van der Waals surface area (Å²) in [5.41, 5.74) is 1.63. The van der Waals surface area contributed by atoms with Gasteiger partial charge >= 0.3 is 18.2 Å². The first-order valence-electron chi connectivity index (χ1n) is 20.4. The Hall–Kier alpha value is -5.68. The molecule has 18 heteroatoms. The van der Waals surface area contributed by atoms with Gasteiger partial charge in [0.2, 0.25) is 17.7 Å². The molecule has 1 aliphatic heterocycles. The third-order valence-corrected chi connectivity index (χ3v) is 11.6. The standard InChI is InChI=1S/C44H49ClF3N7O7/c1-42(2,3)62-41(59)55(23-26-13-15-34(56)51-26)22-24-12-14-33(53-38(24)60-4)30-16-19-49-36(35(30)45)29-10-6-9-28-27(29)8-7-11-32(28)52-37-31(44(46,47)48)20-25(39(54-37)61-5)21-50-43(17-18-43)40(57)58/h6,9-10,12,14,16,19-20,26,32,50H,7-8,11,13,15,17-18,21-23H2,1-5H3,(H,51,56)(H,52,54)(H,57,58)/t26-,32-/m0/s1. The molecule has 2 atom stereocenters. The lowest BCUT2D eigenvalue weighted by Gasteiger charge is -2.30. The summed E-state index contributed by atoms with van der Waals surface area (Å²) in [7, 11) is 2.78. The molecule has 2 fully saturated rings. The predicted molar refractivity (Wildman–Crippen MR) is 224 cm³/mol. The quantitative estimate of drug-likeness (QED) is 0.0959. The molecule has 0 bridgehead atoms. The zero-order valence-corrected chi connectivity index (χ0v) is 35.8. The number of fused-ring (bicyclic) bond motifs is 1. The summed E-state index contributed by atoms with van der Waals surface area (Å²) in [5.74, 6) is -1.32. The lowest BCUT2D eigenvalue weighted by Crippen LogP contribution is -2.43. The van der Waals surface area contributed by atoms with Crippen molar-refractivity contribution in [3.05, 3.63) is 81.5 Å². The van der Waals surface area contributed by atoms with Crippen LogP contribution in [-0.2, 0) is 40.0 Å². The fourth-order valence-electron chi connectivity index (χ4n) is 7.97. The van der Waals surface area contributed by atoms with Gasteiger partial charge < -0.3 is 34.9 Å². The van der Waals surface area contributed by atoms with Gasteiger partial charge in [-0.1, -0.05) is 29.8 Å². The number of alkyl halides is 3. The summed E-state index contributed by atoms with van der Waals surface area (Å²) in [6, 6.07) is 11.0. The highest BCUT2D eigenvalue weighted by Crippen LogP contribution is 2.44. The van der Waals surface area contributed by atoms with Crippen molar-refractivity contribution >= 4 is 35.4 Å². The summed E-state index contributed by atoms with van der Waals surface area (Å²) in [6.45, 7) is 5.50. The third kappa shape index (κ3) is 9.68. The number of pyridine rings is 3. The van der Waals surface area contributed by atoms with Gasteiger partial charge in [-0.3, -0.25) is 19.9 Å². The number of halogens is 4. The molecule has 2 aliphatic carbocycles. The second kappa shape index (κ2) is 17.6. The maximum absolute atomic E-state index is 14.6. The Bertz CT molecular complexity index is 2370. The zero-order valence-electron chi connectivity index (χ0n) is 35.0. The monoisotopic (exact) mass is 879 g/mol. The minimum atomic E-state index is -4.78. The van der Waals surface area contributed by atoms with Crippen LogP contribution in [0.5, 0.6) is 11.8 Å². The molecule has 0 radical (unpaired) electrons. The fourth-order valence-corrected chi connectivity index (χ4v) is 8.28. The van der Waals surface area contributed by atoms with Crippen LogP contribution in [0.15, 0.2) is 48.7 Å². The van der Waals surface area contributed by atoms with Crippen molar-refractivity contribution in [1.29, 1.82) is 0 Å². The number of anilines is 1. The molecule has 4 N–H and O–H groups in total. The lowest BCUT2D eigenvalue weighted by atomic mass is 9.83. The van der Waals surface area contributed by atoms with Crippen LogP contribution >= 0.6 is 11.6 Å². The molecule has 1 saturated carbocycles. The molecule has 14 nitrogen and oxygen atoms in total. The minimum absolute atomic E-state index is 0.0514. The van der Waals surface area contributed by atoms with Gasteiger partial charge in [-0.05, 0) is 94.7 Å². The maximum atomic E-state index is 14.6. The fraction of sp³-hybridized carbons (Fsp3) is 0.455. The highest BCUT2D eigenvalue weighted by Gasteiger charge is 2.50. The minimum Gasteiger partial charge on any atom is -0.481 e. The smallest absolute Gasteiger partial charge is 0.419 e. The lowest BCUT2D eigenvalue weighted by molar-refractivity contribution is -0.141. The van der Waals surface area contributed by atoms with Crippen molar-refractivity contribution in [2.24, 2.45) is 0 Å². The normalized spacial score (nSPS) is 18.0. The van der Waals surface area contributed by atoms with E-state index in [2.05, 4.69) is 25.9 Å². The van der Waals surface area contributed by atoms with Crippen molar-refractivity contribution in [3.63, 3.8) is 0 Å². The number of carbonyl (C=O) groups excluding carboxylic acids is 2. The average molecular weight is 880 g/mol. The number of carboxylic acids is 1. The summed E-state index contributed by atoms with van der Waals surface area (Å²) in [5, 5.41) is 18.7. The number of carboxylic acid groups (broad SMARTS) is 1. The number of benzene rings is 1. The first kappa shape index (κ1) is 44.4. The number of aliphatic carboxylic acids is 1. The number of amides is 2. The van der Waals surface area contributed by atoms with E-state index >= 15 is 0 Å². The molecule has 330 valence electrons. The van der Waals surface area contributed by atoms with Gasteiger partial charge in [0.25, 0.3) is 0 Å². The zero-order chi connectivity index (χ0) is 44.6. The van der Waals surface area contributed by atoms with E-state index < -0.39 is 46.8 Å². The van der Waals surface area contributed by atoms with Gasteiger partial charge in [-0.15, -0.1) is 0 Å². The van der Waals surface area contributed by atoms with Crippen molar-refractivity contribution in [3.8, 4) is 34.3 Å². The molecule has 62 heavy (non-hydrogen) atoms. The summed E-state index contributed by atoms with van der Waals surface area (Å²) < 4.78 is 60.7. The van der Waals surface area contributed by atoms with E-state index in [0.29, 0.717) is 78.0 Å². The Kier molecular flexibility index (Phi) is 12.6. The Labute approximate surface area is 361 Å². The second-order valence-corrected chi connectivity index (χ2v) is 17.2. The van der Waals surface area contributed by atoms with Gasteiger partial charge in [0.1, 0.15) is 17.0 Å². The van der Waals surface area contributed by atoms with Crippen molar-refractivity contribution in [2.45, 2.75) is 108 Å². The van der Waals surface area contributed by atoms with Crippen LogP contribution in [0, 0.1) is 0 Å². The molecule has 7 rings (SSSR count). The van der Waals surface area contributed by atoms with E-state index in [4.69, 9.17) is 30.8 Å². The molecule has 4 aromatic rings. The van der Waals surface area contributed by atoms with Crippen LogP contribution < -0.4 is 25.4 Å². The molecule has 2 amide bonds. The van der Waals surface area contributed by atoms with Crippen LogP contribution in [0.4, 0.5) is 23.8 Å². The van der Waals surface area contributed by atoms with E-state index in [1.807, 2.05) is 18.2 Å². The van der Waals surface area contributed by atoms with Crippen LogP contribution in [-0.4, -0.2) is 80.9 Å². The van der Waals surface area contributed by atoms with Gasteiger partial charge in [0.15, 0.2) is 0 Å². The topological polar surface area (TPSA) is 177 Å². The number of methoxy groups -OCH3 is 2. The molecular formula is C44H49ClF3N7O7. The largest absolute Gasteiger partial charge is 0.481 e. The highest BCUT2D eigenvalue weighted by atomic mass is 35.5. The number of ether oxygens (including phenoxy) is 3. The van der Waals surface area contributed by atoms with Gasteiger partial charge in [0.05, 0.1) is 48.8 Å². The first-order chi connectivity index (χ1) is 29.4. The second-order valence-electron chi connectivity index (χ2n) is 16.8. The van der Waals surface area contributed by atoms with Crippen molar-refractivity contribution in [1.82, 2.24) is 30.5 Å². The molecule has 3 aliphatic rings. The molecular weight excluding hydrogens is 831 g/mol. The SMILES string of the molecule is COc1nc(-c2ccnc(-c3cccc4c3CCC[C@@H]4Nc3nc(OC)c(CNC4(C(=O)O)CC4)cc3C(F)(F)F)c2Cl)ccc1CN(C[C@@H]1CCC(=O)N1)C(=O)OC(C)(C)C. The van der Waals surface area contributed by atoms with Gasteiger partial charge in [-0.2, -0.15) is 18.2 Å². The van der Waals surface area contributed by atoms with Crippen LogP contribution in [0.3, 0.4) is 0 Å². The molecule has 4 heterocycles. The molecule has 1 aromatic carbocycles. The predicted octanol–water partition coefficient (Wildman–Crippen LogP) is 8.11. The first-order valence-corrected chi connectivity index (χ1v) is 20.8. The van der Waals surface area contributed by atoms with Crippen LogP contribution in [0.1, 0.15) is 93.2 Å². The highest BCUT2D eigenvalue weighted by molar-refractivity contribution is 6.35. The van der Waals surface area contributed by atoms with E-state index in [1.165, 1.54) is 19.1 Å². The summed E-state index contributed by atoms with van der Waals surface area (Å²) >= 11 is 7.16. The van der Waals surface area contributed by atoms with Crippen molar-refractivity contribution < 1.29 is 46.9 Å². The molecule has 0 spiro atoms. The third-order valence-electron chi connectivity index (χ3n) is 11.2. The maximum Gasteiger partial charge on any atom is 0.419 e. The number of hydrogen-bond acceptors (Lipinski definition) is 11. The number of hydrogen-bond donors (Lipinski definition) is 4. The summed E-state index contributed by atoms with van der Waals surface area (Å²) in [4.78, 5) is 52.2. The van der Waals surface area contributed by atoms with Gasteiger partial charge in [0, 0.05) is 54.0 Å². The Morgan fingerprint density at radius 1 is 1.00 bits per heavy atom. The molecule has 1 saturated heterocycles. The number of carbonyl (C=O) groups is 3. The Balaban J connectivity index is 1.16. The molecule has 0 unspecified atom stereocenters. The van der Waals surface area contributed by atoms with E-state index in [0.717, 1.165) is 17.2 Å². The van der Waals surface area contributed by atoms with Crippen LogP contribution in [0.25, 0.3) is 22.5 Å². The van der Waals surface area contributed by atoms with E-state index in [-0.39, 0.29) is 48.9 Å². The number of aromatic nitrogens is 3. The Morgan fingerprint density at radius 2 is 1.74 bits per heavy atom. The number of nitrogens with zero attached hydrogens (tertiary/aromatic N) is 4. The van der Waals surface area contributed by atoms with E-state index in [1.54, 1.807) is 45.2 Å². The number of rotatable bonds is 14. The van der Waals surface area contributed by atoms with E-state index in [9.17, 15) is 32.7 Å². The van der Waals surface area contributed by atoms with Crippen molar-refractivity contribution in [2.75, 3.05) is 26.1 Å². The molecule has 3 aromatic heterocycles.